The fourth-order valence-corrected chi connectivity index (χ4v) is 2.03. The molecule has 0 spiro atoms. The molecule has 1 rings (SSSR count). The van der Waals surface area contributed by atoms with Crippen LogP contribution in [-0.2, 0) is 4.74 Å². The van der Waals surface area contributed by atoms with Gasteiger partial charge >= 0.3 is 0 Å². The van der Waals surface area contributed by atoms with Gasteiger partial charge in [0.05, 0.1) is 0 Å². The Morgan fingerprint density at radius 2 is 1.87 bits per heavy atom. The Bertz CT molecular complexity index is 156. The molecule has 0 amide bonds. The van der Waals surface area contributed by atoms with E-state index in [1.54, 1.807) is 0 Å². The first kappa shape index (κ1) is 12.9. The highest BCUT2D eigenvalue weighted by Gasteiger charge is 2.17. The lowest BCUT2D eigenvalue weighted by molar-refractivity contribution is 0.0762. The van der Waals surface area contributed by atoms with Crippen LogP contribution in [0.5, 0.6) is 0 Å². The van der Waals surface area contributed by atoms with Gasteiger partial charge in [-0.15, -0.1) is 0 Å². The fraction of sp³-hybridized carbons (Fsp3) is 1.00. The first-order chi connectivity index (χ1) is 7.24. The van der Waals surface area contributed by atoms with Crippen molar-refractivity contribution in [3.63, 3.8) is 0 Å². The quantitative estimate of drug-likeness (QED) is 0.698. The van der Waals surface area contributed by atoms with Gasteiger partial charge in [0.1, 0.15) is 0 Å². The van der Waals surface area contributed by atoms with Gasteiger partial charge in [0, 0.05) is 19.3 Å². The molecule has 3 nitrogen and oxygen atoms in total. The maximum atomic E-state index is 5.35. The van der Waals surface area contributed by atoms with Gasteiger partial charge in [0.25, 0.3) is 0 Å². The van der Waals surface area contributed by atoms with Crippen LogP contribution < -0.4 is 10.6 Å². The van der Waals surface area contributed by atoms with Gasteiger partial charge in [-0.05, 0) is 44.8 Å². The summed E-state index contributed by atoms with van der Waals surface area (Å²) in [6.07, 6.45) is 2.34. The van der Waals surface area contributed by atoms with E-state index in [0.29, 0.717) is 6.04 Å². The van der Waals surface area contributed by atoms with Crippen LogP contribution in [0.2, 0.25) is 0 Å². The molecule has 0 aromatic heterocycles. The van der Waals surface area contributed by atoms with E-state index in [9.17, 15) is 0 Å². The molecule has 1 aliphatic rings. The number of nitrogens with one attached hydrogen (secondary N) is 2. The maximum Gasteiger partial charge on any atom is 0.0480 e. The molecule has 1 aliphatic heterocycles. The minimum atomic E-state index is 0.678. The van der Waals surface area contributed by atoms with Crippen LogP contribution in [0.15, 0.2) is 0 Å². The monoisotopic (exact) mass is 214 g/mol. The largest absolute Gasteiger partial charge is 0.381 e. The van der Waals surface area contributed by atoms with Crippen LogP contribution in [-0.4, -0.2) is 39.4 Å². The summed E-state index contributed by atoms with van der Waals surface area (Å²) in [4.78, 5) is 0. The molecule has 1 atom stereocenters. The molecule has 2 N–H and O–H groups in total. The van der Waals surface area contributed by atoms with Crippen molar-refractivity contribution in [1.29, 1.82) is 0 Å². The second kappa shape index (κ2) is 7.20. The third kappa shape index (κ3) is 4.96. The second-order valence-electron chi connectivity index (χ2n) is 4.86. The number of ether oxygens (including phenoxy) is 1. The number of hydrogen-bond acceptors (Lipinski definition) is 3. The van der Waals surface area contributed by atoms with Crippen LogP contribution in [0.3, 0.4) is 0 Å². The summed E-state index contributed by atoms with van der Waals surface area (Å²) in [6.45, 7) is 8.68. The molecular weight excluding hydrogens is 188 g/mol. The Morgan fingerprint density at radius 1 is 1.20 bits per heavy atom. The molecule has 0 aromatic carbocycles. The van der Waals surface area contributed by atoms with Gasteiger partial charge in [0.15, 0.2) is 0 Å². The lowest BCUT2D eigenvalue weighted by atomic mass is 9.95. The van der Waals surface area contributed by atoms with E-state index < -0.39 is 0 Å². The molecule has 1 fully saturated rings. The van der Waals surface area contributed by atoms with Crippen molar-refractivity contribution >= 4 is 0 Å². The van der Waals surface area contributed by atoms with E-state index in [1.165, 1.54) is 12.8 Å². The summed E-state index contributed by atoms with van der Waals surface area (Å²) in [7, 11) is 2.03. The predicted octanol–water partition coefficient (Wildman–Crippen LogP) is 1.25. The van der Waals surface area contributed by atoms with Crippen molar-refractivity contribution in [1.82, 2.24) is 10.6 Å². The third-order valence-corrected chi connectivity index (χ3v) is 3.30. The van der Waals surface area contributed by atoms with Gasteiger partial charge in [0.2, 0.25) is 0 Å². The smallest absolute Gasteiger partial charge is 0.0480 e. The second-order valence-corrected chi connectivity index (χ2v) is 4.86. The lowest BCUT2D eigenvalue weighted by Crippen LogP contribution is -2.41. The molecule has 0 radical (unpaired) electrons. The Morgan fingerprint density at radius 3 is 2.40 bits per heavy atom. The highest BCUT2D eigenvalue weighted by molar-refractivity contribution is 4.74. The van der Waals surface area contributed by atoms with E-state index in [2.05, 4.69) is 24.5 Å². The van der Waals surface area contributed by atoms with Crippen LogP contribution in [0.25, 0.3) is 0 Å². The summed E-state index contributed by atoms with van der Waals surface area (Å²) >= 11 is 0. The van der Waals surface area contributed by atoms with Gasteiger partial charge in [-0.3, -0.25) is 0 Å². The summed E-state index contributed by atoms with van der Waals surface area (Å²) in [5.74, 6) is 1.47. The molecule has 90 valence electrons. The highest BCUT2D eigenvalue weighted by atomic mass is 16.5. The van der Waals surface area contributed by atoms with Gasteiger partial charge in [-0.25, -0.2) is 0 Å². The Kier molecular flexibility index (Phi) is 6.22. The van der Waals surface area contributed by atoms with Gasteiger partial charge < -0.3 is 15.4 Å². The molecular formula is C12H26N2O. The molecule has 3 heteroatoms. The Balaban J connectivity index is 2.19. The lowest BCUT2D eigenvalue weighted by Gasteiger charge is -2.27. The van der Waals surface area contributed by atoms with Crippen LogP contribution in [0, 0.1) is 11.8 Å². The Hall–Kier alpha value is -0.120. The molecule has 0 bridgehead atoms. The van der Waals surface area contributed by atoms with Crippen molar-refractivity contribution in [2.24, 2.45) is 11.8 Å². The minimum absolute atomic E-state index is 0.678. The van der Waals surface area contributed by atoms with Gasteiger partial charge in [-0.1, -0.05) is 13.8 Å². The first-order valence-corrected chi connectivity index (χ1v) is 6.19. The van der Waals surface area contributed by atoms with E-state index in [0.717, 1.165) is 38.1 Å². The SMILES string of the molecule is CNCC(CNC1CCOCC1)C(C)C. The zero-order valence-corrected chi connectivity index (χ0v) is 10.4. The normalized spacial score (nSPS) is 20.8. The van der Waals surface area contributed by atoms with E-state index in [4.69, 9.17) is 4.74 Å². The van der Waals surface area contributed by atoms with Crippen molar-refractivity contribution in [3.05, 3.63) is 0 Å². The molecule has 0 saturated carbocycles. The summed E-state index contributed by atoms with van der Waals surface area (Å²) in [5, 5.41) is 6.94. The van der Waals surface area contributed by atoms with Crippen LogP contribution in [0.4, 0.5) is 0 Å². The molecule has 1 unspecified atom stereocenters. The zero-order chi connectivity index (χ0) is 11.1. The Labute approximate surface area is 94.0 Å². The number of rotatable bonds is 6. The maximum absolute atomic E-state index is 5.35. The molecule has 15 heavy (non-hydrogen) atoms. The average Bonchev–Trinajstić information content (AvgIpc) is 2.25. The summed E-state index contributed by atoms with van der Waals surface area (Å²) < 4.78 is 5.35. The topological polar surface area (TPSA) is 33.3 Å². The first-order valence-electron chi connectivity index (χ1n) is 6.19. The van der Waals surface area contributed by atoms with E-state index >= 15 is 0 Å². The van der Waals surface area contributed by atoms with Crippen molar-refractivity contribution in [2.75, 3.05) is 33.4 Å². The average molecular weight is 214 g/mol. The van der Waals surface area contributed by atoms with Crippen LogP contribution in [0.1, 0.15) is 26.7 Å². The van der Waals surface area contributed by atoms with Crippen LogP contribution >= 0.6 is 0 Å². The summed E-state index contributed by atoms with van der Waals surface area (Å²) in [6, 6.07) is 0.678. The molecule has 0 aliphatic carbocycles. The fourth-order valence-electron chi connectivity index (χ4n) is 2.03. The van der Waals surface area contributed by atoms with Gasteiger partial charge in [-0.2, -0.15) is 0 Å². The molecule has 1 saturated heterocycles. The van der Waals surface area contributed by atoms with E-state index in [1.807, 2.05) is 7.05 Å². The minimum Gasteiger partial charge on any atom is -0.381 e. The van der Waals surface area contributed by atoms with Crippen molar-refractivity contribution < 1.29 is 4.74 Å². The van der Waals surface area contributed by atoms with E-state index in [-0.39, 0.29) is 0 Å². The molecule has 0 aromatic rings. The number of hydrogen-bond donors (Lipinski definition) is 2. The third-order valence-electron chi connectivity index (χ3n) is 3.30. The summed E-state index contributed by atoms with van der Waals surface area (Å²) in [5.41, 5.74) is 0. The molecule has 1 heterocycles. The van der Waals surface area contributed by atoms with Crippen molar-refractivity contribution in [3.8, 4) is 0 Å². The standard InChI is InChI=1S/C12H26N2O/c1-10(2)11(8-13-3)9-14-12-4-6-15-7-5-12/h10-14H,4-9H2,1-3H3. The predicted molar refractivity (Wildman–Crippen MR) is 64.1 cm³/mol. The zero-order valence-electron chi connectivity index (χ0n) is 10.4. The van der Waals surface area contributed by atoms with Crippen molar-refractivity contribution in [2.45, 2.75) is 32.7 Å². The highest BCUT2D eigenvalue weighted by Crippen LogP contribution is 2.11.